The Bertz CT molecular complexity index is 595. The Labute approximate surface area is 261 Å². The number of benzene rings is 1. The van der Waals surface area contributed by atoms with Crippen molar-refractivity contribution in [3.8, 4) is 11.5 Å². The van der Waals surface area contributed by atoms with Crippen LogP contribution in [-0.2, 0) is 0 Å². The van der Waals surface area contributed by atoms with Crippen molar-refractivity contribution in [2.45, 2.75) is 180 Å². The Morgan fingerprint density at radius 2 is 0.524 bits per heavy atom. The molecule has 1 aromatic carbocycles. The van der Waals surface area contributed by atoms with E-state index in [1.54, 1.807) is 0 Å². The minimum Gasteiger partial charge on any atom is -0.490 e. The minimum absolute atomic E-state index is 0.354. The van der Waals surface area contributed by atoms with Gasteiger partial charge in [-0.15, -0.1) is 0 Å². The Hall–Kier alpha value is -1.26. The maximum absolute atomic E-state index is 8.81. The van der Waals surface area contributed by atoms with Gasteiger partial charge in [-0.3, -0.25) is 0 Å². The van der Waals surface area contributed by atoms with Crippen LogP contribution in [-0.4, -0.2) is 36.6 Å². The van der Waals surface area contributed by atoms with E-state index in [0.29, 0.717) is 13.2 Å². The van der Waals surface area contributed by atoms with Gasteiger partial charge in [0.1, 0.15) is 0 Å². The molecule has 0 radical (unpaired) electrons. The van der Waals surface area contributed by atoms with Crippen molar-refractivity contribution in [1.82, 2.24) is 0 Å². The summed E-state index contributed by atoms with van der Waals surface area (Å²) in [7, 11) is 0. The van der Waals surface area contributed by atoms with Gasteiger partial charge in [-0.2, -0.15) is 0 Å². The van der Waals surface area contributed by atoms with Crippen LogP contribution in [0.1, 0.15) is 180 Å². The highest BCUT2D eigenvalue weighted by Gasteiger charge is 2.04. The zero-order valence-corrected chi connectivity index (χ0v) is 27.6. The van der Waals surface area contributed by atoms with Crippen molar-refractivity contribution in [1.29, 1.82) is 0 Å². The van der Waals surface area contributed by atoms with E-state index in [-0.39, 0.29) is 0 Å². The van der Waals surface area contributed by atoms with Gasteiger partial charge in [-0.25, -0.2) is 0 Å². The topological polar surface area (TPSA) is 58.9 Å². The molecule has 0 spiro atoms. The summed E-state index contributed by atoms with van der Waals surface area (Å²) in [4.78, 5) is 0. The van der Waals surface area contributed by atoms with E-state index >= 15 is 0 Å². The molecule has 246 valence electrons. The van der Waals surface area contributed by atoms with E-state index in [1.807, 2.05) is 24.3 Å². The molecule has 1 aromatic rings. The second kappa shape index (κ2) is 32.6. The number of aliphatic hydroxyl groups excluding tert-OH is 2. The minimum atomic E-state index is 0.354. The summed E-state index contributed by atoms with van der Waals surface area (Å²) in [6, 6.07) is 8.17. The van der Waals surface area contributed by atoms with Gasteiger partial charge in [-0.05, 0) is 37.8 Å². The van der Waals surface area contributed by atoms with Crippen LogP contribution in [0.5, 0.6) is 11.5 Å². The predicted octanol–water partition coefficient (Wildman–Crippen LogP) is 11.4. The van der Waals surface area contributed by atoms with Gasteiger partial charge in [0.2, 0.25) is 0 Å². The molecule has 0 amide bonds. The molecule has 0 aliphatic rings. The standard InChI is InChI=1S/C38H70O4/c39-33-27-21-17-13-9-5-1-3-7-11-15-19-23-29-35-41-37-31-25-26-32-38(37)42-36-30-24-20-16-12-8-4-2-6-10-14-18-22-28-34-40/h25-26,31-32,39-40H,1-24,27-30,33-36H2. The zero-order chi connectivity index (χ0) is 30.0. The maximum Gasteiger partial charge on any atom is 0.161 e. The zero-order valence-electron chi connectivity index (χ0n) is 27.6. The molecule has 0 saturated carbocycles. The van der Waals surface area contributed by atoms with Crippen LogP contribution in [0.25, 0.3) is 0 Å². The molecule has 0 atom stereocenters. The monoisotopic (exact) mass is 591 g/mol. The van der Waals surface area contributed by atoms with Crippen LogP contribution < -0.4 is 9.47 Å². The highest BCUT2D eigenvalue weighted by atomic mass is 16.5. The smallest absolute Gasteiger partial charge is 0.161 e. The number of aliphatic hydroxyl groups is 2. The van der Waals surface area contributed by atoms with Crippen molar-refractivity contribution < 1.29 is 19.7 Å². The normalized spacial score (nSPS) is 11.3. The quantitative estimate of drug-likeness (QED) is 0.0784. The first-order valence-electron chi connectivity index (χ1n) is 18.4. The average Bonchev–Trinajstić information content (AvgIpc) is 3.01. The first kappa shape index (κ1) is 38.8. The largest absolute Gasteiger partial charge is 0.490 e. The molecule has 0 aliphatic carbocycles. The molecule has 0 unspecified atom stereocenters. The first-order valence-corrected chi connectivity index (χ1v) is 18.4. The fourth-order valence-corrected chi connectivity index (χ4v) is 5.72. The van der Waals surface area contributed by atoms with Gasteiger partial charge < -0.3 is 19.7 Å². The van der Waals surface area contributed by atoms with E-state index in [1.165, 1.54) is 154 Å². The predicted molar refractivity (Wildman–Crippen MR) is 181 cm³/mol. The number of hydrogen-bond acceptors (Lipinski definition) is 4. The Morgan fingerprint density at radius 3 is 0.762 bits per heavy atom. The van der Waals surface area contributed by atoms with Crippen molar-refractivity contribution in [2.75, 3.05) is 26.4 Å². The Balaban J connectivity index is 1.88. The number of rotatable bonds is 34. The lowest BCUT2D eigenvalue weighted by Gasteiger charge is -2.12. The fourth-order valence-electron chi connectivity index (χ4n) is 5.72. The van der Waals surface area contributed by atoms with Gasteiger partial charge in [0.25, 0.3) is 0 Å². The first-order chi connectivity index (χ1) is 20.9. The van der Waals surface area contributed by atoms with Crippen LogP contribution in [0.3, 0.4) is 0 Å². The molecular formula is C38H70O4. The maximum atomic E-state index is 8.81. The van der Waals surface area contributed by atoms with Crippen LogP contribution >= 0.6 is 0 Å². The summed E-state index contributed by atoms with van der Waals surface area (Å²) in [6.07, 6.45) is 36.3. The number of hydrogen-bond donors (Lipinski definition) is 2. The molecular weight excluding hydrogens is 520 g/mol. The number of ether oxygens (including phenoxy) is 2. The summed E-state index contributed by atoms with van der Waals surface area (Å²) >= 11 is 0. The highest BCUT2D eigenvalue weighted by Crippen LogP contribution is 2.27. The molecule has 0 fully saturated rings. The lowest BCUT2D eigenvalue weighted by molar-refractivity contribution is 0.258. The third-order valence-corrected chi connectivity index (χ3v) is 8.47. The van der Waals surface area contributed by atoms with Gasteiger partial charge in [-0.1, -0.05) is 166 Å². The second-order valence-electron chi connectivity index (χ2n) is 12.5. The van der Waals surface area contributed by atoms with Crippen LogP contribution in [0.2, 0.25) is 0 Å². The van der Waals surface area contributed by atoms with Crippen molar-refractivity contribution in [3.63, 3.8) is 0 Å². The molecule has 0 heterocycles. The van der Waals surface area contributed by atoms with Crippen molar-refractivity contribution in [2.24, 2.45) is 0 Å². The van der Waals surface area contributed by atoms with Gasteiger partial charge in [0.05, 0.1) is 13.2 Å². The molecule has 1 rings (SSSR count). The summed E-state index contributed by atoms with van der Waals surface area (Å²) in [6.45, 7) is 2.27. The molecule has 0 saturated heterocycles. The summed E-state index contributed by atoms with van der Waals surface area (Å²) < 4.78 is 12.2. The second-order valence-corrected chi connectivity index (χ2v) is 12.5. The lowest BCUT2D eigenvalue weighted by atomic mass is 10.0. The van der Waals surface area contributed by atoms with E-state index in [0.717, 1.165) is 50.4 Å². The molecule has 0 bridgehead atoms. The van der Waals surface area contributed by atoms with Crippen LogP contribution in [0.15, 0.2) is 24.3 Å². The molecule has 2 N–H and O–H groups in total. The van der Waals surface area contributed by atoms with E-state index in [9.17, 15) is 0 Å². The number of unbranched alkanes of at least 4 members (excludes halogenated alkanes) is 26. The summed E-state index contributed by atoms with van der Waals surface area (Å²) in [5.74, 6) is 1.80. The average molecular weight is 591 g/mol. The van der Waals surface area contributed by atoms with Crippen molar-refractivity contribution >= 4 is 0 Å². The third-order valence-electron chi connectivity index (χ3n) is 8.47. The van der Waals surface area contributed by atoms with Gasteiger partial charge >= 0.3 is 0 Å². The van der Waals surface area contributed by atoms with Crippen LogP contribution in [0.4, 0.5) is 0 Å². The van der Waals surface area contributed by atoms with E-state index in [4.69, 9.17) is 19.7 Å². The van der Waals surface area contributed by atoms with Gasteiger partial charge in [0, 0.05) is 13.2 Å². The Kier molecular flexibility index (Phi) is 30.1. The fraction of sp³-hybridized carbons (Fsp3) is 0.842. The summed E-state index contributed by atoms with van der Waals surface area (Å²) in [5.41, 5.74) is 0. The molecule has 42 heavy (non-hydrogen) atoms. The SMILES string of the molecule is OCCCCCCCCCCCCCCCCOc1ccccc1OCCCCCCCCCCCCCCCCO. The van der Waals surface area contributed by atoms with E-state index < -0.39 is 0 Å². The van der Waals surface area contributed by atoms with Crippen molar-refractivity contribution in [3.05, 3.63) is 24.3 Å². The highest BCUT2D eigenvalue weighted by molar-refractivity contribution is 5.39. The molecule has 0 aliphatic heterocycles. The lowest BCUT2D eigenvalue weighted by Crippen LogP contribution is -2.02. The Morgan fingerprint density at radius 1 is 0.310 bits per heavy atom. The van der Waals surface area contributed by atoms with Crippen LogP contribution in [0, 0.1) is 0 Å². The number of para-hydroxylation sites is 2. The van der Waals surface area contributed by atoms with E-state index in [2.05, 4.69) is 0 Å². The van der Waals surface area contributed by atoms with Gasteiger partial charge in [0.15, 0.2) is 11.5 Å². The summed E-state index contributed by atoms with van der Waals surface area (Å²) in [5, 5.41) is 17.6. The third kappa shape index (κ3) is 26.4. The molecule has 4 nitrogen and oxygen atoms in total. The molecule has 0 aromatic heterocycles. The molecule has 4 heteroatoms.